The molecule has 0 bridgehead atoms. The van der Waals surface area contributed by atoms with Crippen molar-refractivity contribution < 1.29 is 21.6 Å². The quantitative estimate of drug-likeness (QED) is 0.529. The maximum absolute atomic E-state index is 12.8. The molecule has 0 saturated heterocycles. The average molecular weight is 315 g/mol. The van der Waals surface area contributed by atoms with Crippen LogP contribution >= 0.6 is 11.6 Å². The van der Waals surface area contributed by atoms with Crippen LogP contribution < -0.4 is 5.73 Å². The minimum Gasteiger partial charge on any atom is -0.386 e. The molecule has 19 heavy (non-hydrogen) atoms. The molecule has 1 aromatic carbocycles. The van der Waals surface area contributed by atoms with E-state index in [1.54, 1.807) is 0 Å². The number of benzene rings is 1. The molecule has 0 saturated carbocycles. The zero-order valence-corrected chi connectivity index (χ0v) is 11.3. The van der Waals surface area contributed by atoms with E-state index in [1.807, 2.05) is 0 Å². The van der Waals surface area contributed by atoms with Gasteiger partial charge in [-0.3, -0.25) is 0 Å². The molecule has 0 spiro atoms. The van der Waals surface area contributed by atoms with Crippen molar-refractivity contribution in [3.63, 3.8) is 0 Å². The Labute approximate surface area is 113 Å². The standard InChI is InChI=1S/C10H10ClF3N2O2S/c1-19(17,18)6-2-3-8(16-9(15)5-11)7(4-6)10(12,13)14/h2-4H,5H2,1H3,(H2,15,16). The summed E-state index contributed by atoms with van der Waals surface area (Å²) in [6.45, 7) is 0. The number of hydrogen-bond donors (Lipinski definition) is 1. The first-order chi connectivity index (χ1) is 8.55. The van der Waals surface area contributed by atoms with E-state index >= 15 is 0 Å². The molecule has 0 heterocycles. The number of hydrogen-bond acceptors (Lipinski definition) is 3. The second kappa shape index (κ2) is 5.38. The van der Waals surface area contributed by atoms with E-state index in [9.17, 15) is 21.6 Å². The Bertz CT molecular complexity index is 612. The third-order valence-corrected chi connectivity index (χ3v) is 3.49. The second-order valence-corrected chi connectivity index (χ2v) is 5.97. The normalized spacial score (nSPS) is 13.6. The maximum atomic E-state index is 12.8. The first-order valence-corrected chi connectivity index (χ1v) is 7.28. The molecule has 0 aromatic heterocycles. The largest absolute Gasteiger partial charge is 0.418 e. The van der Waals surface area contributed by atoms with Crippen molar-refractivity contribution in [2.75, 3.05) is 12.1 Å². The van der Waals surface area contributed by atoms with Crippen LogP contribution in [0.3, 0.4) is 0 Å². The Morgan fingerprint density at radius 3 is 2.42 bits per heavy atom. The molecule has 106 valence electrons. The summed E-state index contributed by atoms with van der Waals surface area (Å²) in [6, 6.07) is 2.50. The lowest BCUT2D eigenvalue weighted by molar-refractivity contribution is -0.137. The monoisotopic (exact) mass is 314 g/mol. The molecule has 0 radical (unpaired) electrons. The summed E-state index contributed by atoms with van der Waals surface area (Å²) >= 11 is 5.34. The molecule has 0 aliphatic rings. The van der Waals surface area contributed by atoms with Crippen LogP contribution in [0.1, 0.15) is 5.56 Å². The number of halogens is 4. The van der Waals surface area contributed by atoms with Crippen LogP contribution in [0.4, 0.5) is 18.9 Å². The van der Waals surface area contributed by atoms with Crippen LogP contribution in [-0.4, -0.2) is 26.4 Å². The van der Waals surface area contributed by atoms with Gasteiger partial charge in [0, 0.05) is 6.26 Å². The van der Waals surface area contributed by atoms with E-state index in [4.69, 9.17) is 17.3 Å². The summed E-state index contributed by atoms with van der Waals surface area (Å²) < 4.78 is 61.0. The maximum Gasteiger partial charge on any atom is 0.418 e. The molecule has 2 N–H and O–H groups in total. The minimum absolute atomic E-state index is 0.195. The van der Waals surface area contributed by atoms with Gasteiger partial charge in [0.2, 0.25) is 0 Å². The molecule has 1 rings (SSSR count). The fraction of sp³-hybridized carbons (Fsp3) is 0.300. The van der Waals surface area contributed by atoms with Crippen molar-refractivity contribution in [1.82, 2.24) is 0 Å². The predicted molar refractivity (Wildman–Crippen MR) is 66.6 cm³/mol. The number of amidine groups is 1. The topological polar surface area (TPSA) is 72.5 Å². The SMILES string of the molecule is CS(=O)(=O)c1ccc(N=C(N)CCl)c(C(F)(F)F)c1. The molecule has 0 unspecified atom stereocenters. The van der Waals surface area contributed by atoms with Gasteiger partial charge < -0.3 is 5.73 Å². The zero-order chi connectivity index (χ0) is 14.8. The van der Waals surface area contributed by atoms with Gasteiger partial charge in [0.1, 0.15) is 5.84 Å². The highest BCUT2D eigenvalue weighted by atomic mass is 35.5. The first kappa shape index (κ1) is 15.8. The molecule has 0 aliphatic carbocycles. The number of nitrogens with two attached hydrogens (primary N) is 1. The first-order valence-electron chi connectivity index (χ1n) is 4.86. The Hall–Kier alpha value is -1.28. The van der Waals surface area contributed by atoms with Gasteiger partial charge in [0.25, 0.3) is 0 Å². The van der Waals surface area contributed by atoms with Crippen LogP contribution in [0.5, 0.6) is 0 Å². The number of sulfone groups is 1. The highest BCUT2D eigenvalue weighted by Gasteiger charge is 2.34. The van der Waals surface area contributed by atoms with Gasteiger partial charge in [-0.05, 0) is 18.2 Å². The van der Waals surface area contributed by atoms with Crippen molar-refractivity contribution in [1.29, 1.82) is 0 Å². The number of aliphatic imine (C=N–C) groups is 1. The van der Waals surface area contributed by atoms with Crippen LogP contribution in [0, 0.1) is 0 Å². The van der Waals surface area contributed by atoms with Crippen molar-refractivity contribution in [2.45, 2.75) is 11.1 Å². The molecule has 0 fully saturated rings. The van der Waals surface area contributed by atoms with Crippen molar-refractivity contribution in [2.24, 2.45) is 10.7 Å². The summed E-state index contributed by atoms with van der Waals surface area (Å²) in [7, 11) is -3.74. The number of alkyl halides is 4. The highest BCUT2D eigenvalue weighted by molar-refractivity contribution is 7.90. The summed E-state index contributed by atoms with van der Waals surface area (Å²) in [6.07, 6.45) is -3.93. The molecular weight excluding hydrogens is 305 g/mol. The van der Waals surface area contributed by atoms with E-state index in [-0.39, 0.29) is 11.7 Å². The Kier molecular flexibility index (Phi) is 4.46. The lowest BCUT2D eigenvalue weighted by atomic mass is 10.2. The van der Waals surface area contributed by atoms with Crippen molar-refractivity contribution in [3.05, 3.63) is 23.8 Å². The third-order valence-electron chi connectivity index (χ3n) is 2.10. The summed E-state index contributed by atoms with van der Waals surface area (Å²) in [5, 5.41) is 0. The average Bonchev–Trinajstić information content (AvgIpc) is 2.26. The summed E-state index contributed by atoms with van der Waals surface area (Å²) in [4.78, 5) is 3.07. The van der Waals surface area contributed by atoms with E-state index in [0.717, 1.165) is 18.4 Å². The zero-order valence-electron chi connectivity index (χ0n) is 9.70. The number of rotatable bonds is 3. The van der Waals surface area contributed by atoms with Gasteiger partial charge in [0.05, 0.1) is 22.0 Å². The molecule has 4 nitrogen and oxygen atoms in total. The molecule has 0 atom stereocenters. The molecule has 0 aliphatic heterocycles. The fourth-order valence-corrected chi connectivity index (χ4v) is 1.96. The van der Waals surface area contributed by atoms with Crippen LogP contribution in [0.2, 0.25) is 0 Å². The van der Waals surface area contributed by atoms with Gasteiger partial charge in [-0.1, -0.05) is 0 Å². The molecule has 9 heteroatoms. The fourth-order valence-electron chi connectivity index (χ4n) is 1.25. The highest BCUT2D eigenvalue weighted by Crippen LogP contribution is 2.37. The summed E-state index contributed by atoms with van der Waals surface area (Å²) in [5.41, 5.74) is 3.62. The molecule has 1 aromatic rings. The smallest absolute Gasteiger partial charge is 0.386 e. The third kappa shape index (κ3) is 4.10. The van der Waals surface area contributed by atoms with E-state index in [0.29, 0.717) is 6.07 Å². The van der Waals surface area contributed by atoms with Gasteiger partial charge in [-0.15, -0.1) is 11.6 Å². The lowest BCUT2D eigenvalue weighted by Crippen LogP contribution is -2.14. The van der Waals surface area contributed by atoms with Gasteiger partial charge >= 0.3 is 6.18 Å². The summed E-state index contributed by atoms with van der Waals surface area (Å²) in [5.74, 6) is -0.426. The predicted octanol–water partition coefficient (Wildman–Crippen LogP) is 2.34. The van der Waals surface area contributed by atoms with Crippen LogP contribution in [0.15, 0.2) is 28.1 Å². The molecule has 0 amide bonds. The van der Waals surface area contributed by atoms with Gasteiger partial charge in [0.15, 0.2) is 9.84 Å². The van der Waals surface area contributed by atoms with Crippen LogP contribution in [-0.2, 0) is 16.0 Å². The van der Waals surface area contributed by atoms with Crippen LogP contribution in [0.25, 0.3) is 0 Å². The van der Waals surface area contributed by atoms with E-state index < -0.39 is 32.2 Å². The Balaban J connectivity index is 3.51. The molecular formula is C10H10ClF3N2O2S. The lowest BCUT2D eigenvalue weighted by Gasteiger charge is -2.11. The number of nitrogens with zero attached hydrogens (tertiary/aromatic N) is 1. The van der Waals surface area contributed by atoms with Crippen molar-refractivity contribution in [3.8, 4) is 0 Å². The second-order valence-electron chi connectivity index (χ2n) is 3.69. The Morgan fingerprint density at radius 2 is 2.00 bits per heavy atom. The van der Waals surface area contributed by atoms with E-state index in [2.05, 4.69) is 4.99 Å². The van der Waals surface area contributed by atoms with Crippen molar-refractivity contribution >= 4 is 33.0 Å². The minimum atomic E-state index is -4.74. The van der Waals surface area contributed by atoms with Gasteiger partial charge in [-0.25, -0.2) is 13.4 Å². The Morgan fingerprint density at radius 1 is 1.42 bits per heavy atom. The van der Waals surface area contributed by atoms with Gasteiger partial charge in [-0.2, -0.15) is 13.2 Å². The van der Waals surface area contributed by atoms with E-state index in [1.165, 1.54) is 0 Å².